The molecule has 0 fully saturated rings. The van der Waals surface area contributed by atoms with E-state index in [4.69, 9.17) is 16.3 Å². The van der Waals surface area contributed by atoms with Gasteiger partial charge in [0.25, 0.3) is 0 Å². The Bertz CT molecular complexity index is 387. The van der Waals surface area contributed by atoms with Crippen molar-refractivity contribution in [2.45, 2.75) is 19.3 Å². The lowest BCUT2D eigenvalue weighted by molar-refractivity contribution is 0.172. The van der Waals surface area contributed by atoms with Crippen LogP contribution in [-0.4, -0.2) is 19.1 Å². The number of rotatable bonds is 7. The summed E-state index contributed by atoms with van der Waals surface area (Å²) in [5.74, 6) is 6.68. The van der Waals surface area contributed by atoms with E-state index in [9.17, 15) is 0 Å². The largest absolute Gasteiger partial charge is 0.368 e. The van der Waals surface area contributed by atoms with Crippen molar-refractivity contribution in [3.05, 3.63) is 42.0 Å². The Balaban J connectivity index is 2.01. The Morgan fingerprint density at radius 1 is 1.17 bits per heavy atom. The third kappa shape index (κ3) is 7.95. The van der Waals surface area contributed by atoms with Crippen LogP contribution in [0.15, 0.2) is 36.4 Å². The van der Waals surface area contributed by atoms with Crippen LogP contribution in [-0.2, 0) is 4.74 Å². The second-order valence-electron chi connectivity index (χ2n) is 3.80. The van der Waals surface area contributed by atoms with Crippen LogP contribution in [0.1, 0.15) is 24.8 Å². The highest BCUT2D eigenvalue weighted by Gasteiger charge is 1.84. The Kier molecular flexibility index (Phi) is 8.98. The minimum Gasteiger partial charge on any atom is -0.368 e. The Hall–Kier alpha value is -1.23. The molecule has 96 valence electrons. The molecule has 0 aliphatic heterocycles. The molecule has 1 aromatic rings. The predicted octanol–water partition coefficient (Wildman–Crippen LogP) is 4.13. The van der Waals surface area contributed by atoms with Crippen LogP contribution in [0.5, 0.6) is 0 Å². The molecule has 0 N–H and O–H groups in total. The number of hydrogen-bond donors (Lipinski definition) is 0. The van der Waals surface area contributed by atoms with Gasteiger partial charge in [-0.05, 0) is 18.4 Å². The molecule has 0 aliphatic carbocycles. The van der Waals surface area contributed by atoms with E-state index in [0.29, 0.717) is 19.1 Å². The molecule has 0 spiro atoms. The number of halogens is 1. The third-order valence-electron chi connectivity index (χ3n) is 2.27. The van der Waals surface area contributed by atoms with E-state index in [1.807, 2.05) is 18.2 Å². The quantitative estimate of drug-likeness (QED) is 0.408. The summed E-state index contributed by atoms with van der Waals surface area (Å²) in [5.41, 5.74) is 1.22. The number of alkyl halides is 1. The minimum atomic E-state index is 0.515. The molecule has 0 unspecified atom stereocenters. The molecule has 0 aromatic heterocycles. The SMILES string of the molecule is ClCCCC#CCOCCC=Cc1ccccc1. The second-order valence-corrected chi connectivity index (χ2v) is 4.18. The molecule has 0 radical (unpaired) electrons. The van der Waals surface area contributed by atoms with Crippen molar-refractivity contribution in [3.63, 3.8) is 0 Å². The molecular weight excluding hydrogens is 244 g/mol. The first-order chi connectivity index (χ1) is 8.93. The van der Waals surface area contributed by atoms with E-state index in [-0.39, 0.29) is 0 Å². The monoisotopic (exact) mass is 262 g/mol. The molecule has 0 amide bonds. The summed E-state index contributed by atoms with van der Waals surface area (Å²) in [6.07, 6.45) is 6.96. The molecule has 18 heavy (non-hydrogen) atoms. The maximum absolute atomic E-state index is 5.54. The van der Waals surface area contributed by atoms with Gasteiger partial charge < -0.3 is 4.74 Å². The van der Waals surface area contributed by atoms with Gasteiger partial charge in [0.2, 0.25) is 0 Å². The second kappa shape index (κ2) is 10.9. The van der Waals surface area contributed by atoms with Gasteiger partial charge in [-0.3, -0.25) is 0 Å². The summed E-state index contributed by atoms with van der Waals surface area (Å²) in [4.78, 5) is 0. The van der Waals surface area contributed by atoms with Gasteiger partial charge >= 0.3 is 0 Å². The van der Waals surface area contributed by atoms with Gasteiger partial charge in [0.05, 0.1) is 6.61 Å². The maximum Gasteiger partial charge on any atom is 0.107 e. The Morgan fingerprint density at radius 2 is 2.00 bits per heavy atom. The lowest BCUT2D eigenvalue weighted by Crippen LogP contribution is -1.92. The zero-order chi connectivity index (χ0) is 12.9. The van der Waals surface area contributed by atoms with E-state index < -0.39 is 0 Å². The van der Waals surface area contributed by atoms with Crippen LogP contribution in [0, 0.1) is 11.8 Å². The van der Waals surface area contributed by atoms with Gasteiger partial charge in [-0.2, -0.15) is 0 Å². The van der Waals surface area contributed by atoms with Crippen molar-refractivity contribution in [2.24, 2.45) is 0 Å². The average molecular weight is 263 g/mol. The van der Waals surface area contributed by atoms with Gasteiger partial charge in [0.1, 0.15) is 6.61 Å². The van der Waals surface area contributed by atoms with E-state index in [1.54, 1.807) is 0 Å². The van der Waals surface area contributed by atoms with Gasteiger partial charge in [0.15, 0.2) is 0 Å². The van der Waals surface area contributed by atoms with Crippen LogP contribution in [0.3, 0.4) is 0 Å². The first-order valence-electron chi connectivity index (χ1n) is 6.24. The highest BCUT2D eigenvalue weighted by Crippen LogP contribution is 2.01. The zero-order valence-electron chi connectivity index (χ0n) is 10.6. The lowest BCUT2D eigenvalue weighted by atomic mass is 10.2. The van der Waals surface area contributed by atoms with Gasteiger partial charge in [-0.1, -0.05) is 48.4 Å². The van der Waals surface area contributed by atoms with Gasteiger partial charge in [-0.15, -0.1) is 17.5 Å². The fourth-order valence-corrected chi connectivity index (χ4v) is 1.49. The van der Waals surface area contributed by atoms with Crippen molar-refractivity contribution >= 4 is 17.7 Å². The summed E-state index contributed by atoms with van der Waals surface area (Å²) < 4.78 is 5.39. The fraction of sp³-hybridized carbons (Fsp3) is 0.375. The smallest absolute Gasteiger partial charge is 0.107 e. The van der Waals surface area contributed by atoms with Gasteiger partial charge in [0, 0.05) is 12.3 Å². The summed E-state index contributed by atoms with van der Waals surface area (Å²) in [6.45, 7) is 1.23. The molecular formula is C16H19ClO. The maximum atomic E-state index is 5.54. The first kappa shape index (κ1) is 14.8. The van der Waals surface area contributed by atoms with Crippen LogP contribution in [0.2, 0.25) is 0 Å². The number of ether oxygens (including phenoxy) is 1. The van der Waals surface area contributed by atoms with Crippen molar-refractivity contribution in [1.82, 2.24) is 0 Å². The summed E-state index contributed by atoms with van der Waals surface area (Å²) in [7, 11) is 0. The summed E-state index contributed by atoms with van der Waals surface area (Å²) in [5, 5.41) is 0. The van der Waals surface area contributed by atoms with Crippen molar-refractivity contribution < 1.29 is 4.74 Å². The zero-order valence-corrected chi connectivity index (χ0v) is 11.3. The fourth-order valence-electron chi connectivity index (χ4n) is 1.35. The van der Waals surface area contributed by atoms with Crippen molar-refractivity contribution in [2.75, 3.05) is 19.1 Å². The molecule has 0 saturated carbocycles. The van der Waals surface area contributed by atoms with Crippen LogP contribution < -0.4 is 0 Å². The number of unbranched alkanes of at least 4 members (excludes halogenated alkanes) is 1. The van der Waals surface area contributed by atoms with Crippen LogP contribution in [0.4, 0.5) is 0 Å². The third-order valence-corrected chi connectivity index (χ3v) is 2.54. The number of hydrogen-bond acceptors (Lipinski definition) is 1. The van der Waals surface area contributed by atoms with Crippen LogP contribution in [0.25, 0.3) is 6.08 Å². The molecule has 1 rings (SSSR count). The minimum absolute atomic E-state index is 0.515. The van der Waals surface area contributed by atoms with E-state index in [2.05, 4.69) is 36.1 Å². The first-order valence-corrected chi connectivity index (χ1v) is 6.78. The molecule has 0 heterocycles. The van der Waals surface area contributed by atoms with Gasteiger partial charge in [-0.25, -0.2) is 0 Å². The van der Waals surface area contributed by atoms with E-state index in [1.165, 1.54) is 5.56 Å². The van der Waals surface area contributed by atoms with Crippen LogP contribution >= 0.6 is 11.6 Å². The molecule has 1 aromatic carbocycles. The highest BCUT2D eigenvalue weighted by atomic mass is 35.5. The molecule has 0 bridgehead atoms. The van der Waals surface area contributed by atoms with E-state index in [0.717, 1.165) is 19.3 Å². The Morgan fingerprint density at radius 3 is 2.78 bits per heavy atom. The Labute approximate surface area is 115 Å². The standard InChI is InChI=1S/C16H19ClO/c17-13-7-1-2-8-14-18-15-9-6-12-16-10-4-3-5-11-16/h3-6,10-12H,1,7,9,13-15H2. The average Bonchev–Trinajstić information content (AvgIpc) is 2.42. The molecule has 0 aliphatic rings. The lowest BCUT2D eigenvalue weighted by Gasteiger charge is -1.95. The molecule has 2 heteroatoms. The summed E-state index contributed by atoms with van der Waals surface area (Å²) in [6, 6.07) is 10.3. The highest BCUT2D eigenvalue weighted by molar-refractivity contribution is 6.17. The summed E-state index contributed by atoms with van der Waals surface area (Å²) >= 11 is 5.54. The molecule has 0 atom stereocenters. The number of benzene rings is 1. The van der Waals surface area contributed by atoms with Crippen molar-refractivity contribution in [1.29, 1.82) is 0 Å². The van der Waals surface area contributed by atoms with Crippen molar-refractivity contribution in [3.8, 4) is 11.8 Å². The normalized spacial score (nSPS) is 10.3. The molecule has 0 saturated heterocycles. The predicted molar refractivity (Wildman–Crippen MR) is 78.6 cm³/mol. The molecule has 1 nitrogen and oxygen atoms in total. The topological polar surface area (TPSA) is 9.23 Å². The van der Waals surface area contributed by atoms with E-state index >= 15 is 0 Å².